The molecule has 0 heterocycles. The van der Waals surface area contributed by atoms with Gasteiger partial charge in [0.05, 0.1) is 18.9 Å². The average Bonchev–Trinajstić information content (AvgIpc) is 2.65. The number of aliphatic hydroxyl groups excluding tert-OH is 1. The van der Waals surface area contributed by atoms with Crippen LogP contribution in [-0.2, 0) is 35.3 Å². The third-order valence-electron chi connectivity index (χ3n) is 4.07. The number of nitrogens with zero attached hydrogens (tertiary/aromatic N) is 1. The Morgan fingerprint density at radius 2 is 1.76 bits per heavy atom. The summed E-state index contributed by atoms with van der Waals surface area (Å²) in [5.74, 6) is -0.0755. The Morgan fingerprint density at radius 3 is 2.38 bits per heavy atom. The van der Waals surface area contributed by atoms with Crippen LogP contribution in [0.4, 0.5) is 4.39 Å². The fraction of sp³-hybridized carbons (Fsp3) is 0.350. The minimum Gasteiger partial charge on any atom is -0.392 e. The Kier molecular flexibility index (Phi) is 10.5. The zero-order chi connectivity index (χ0) is 20.6. The summed E-state index contributed by atoms with van der Waals surface area (Å²) in [6.45, 7) is 3.11. The molecule has 0 saturated heterocycles. The Labute approximate surface area is 188 Å². The van der Waals surface area contributed by atoms with Gasteiger partial charge in [0.1, 0.15) is 5.82 Å². The summed E-state index contributed by atoms with van der Waals surface area (Å²) in [6, 6.07) is 11.6. The molecule has 0 aromatic heterocycles. The molecule has 2 aromatic rings. The molecule has 0 aliphatic carbocycles. The molecule has 9 heteroatoms. The predicted molar refractivity (Wildman–Crippen MR) is 124 cm³/mol. The molecule has 6 nitrogen and oxygen atoms in total. The number of aliphatic hydroxyl groups is 1. The summed E-state index contributed by atoms with van der Waals surface area (Å²) in [7, 11) is -3.24. The third-order valence-corrected chi connectivity index (χ3v) is 4.91. The monoisotopic (exact) mass is 535 g/mol. The maximum Gasteiger partial charge on any atom is 0.191 e. The second-order valence-electron chi connectivity index (χ2n) is 6.46. The second kappa shape index (κ2) is 12.1. The number of hydrogen-bond acceptors (Lipinski definition) is 4. The quantitative estimate of drug-likeness (QED) is 0.275. The molecule has 0 fully saturated rings. The minimum atomic E-state index is -3.24. The highest BCUT2D eigenvalue weighted by Crippen LogP contribution is 2.16. The van der Waals surface area contributed by atoms with Gasteiger partial charge in [-0.3, -0.25) is 0 Å². The normalized spacial score (nSPS) is 11.7. The highest BCUT2D eigenvalue weighted by molar-refractivity contribution is 14.0. The van der Waals surface area contributed by atoms with Crippen molar-refractivity contribution in [3.05, 3.63) is 70.5 Å². The van der Waals surface area contributed by atoms with Crippen LogP contribution in [0.2, 0.25) is 0 Å². The summed E-state index contributed by atoms with van der Waals surface area (Å²) < 4.78 is 36.9. The lowest BCUT2D eigenvalue weighted by molar-refractivity contribution is 0.280. The molecular weight excluding hydrogens is 508 g/mol. The molecule has 0 unspecified atom stereocenters. The molecule has 0 bridgehead atoms. The number of halogens is 2. The summed E-state index contributed by atoms with van der Waals surface area (Å²) in [6.07, 6.45) is 1.15. The van der Waals surface area contributed by atoms with Crippen LogP contribution in [0.25, 0.3) is 0 Å². The summed E-state index contributed by atoms with van der Waals surface area (Å²) in [4.78, 5) is 4.46. The van der Waals surface area contributed by atoms with E-state index in [0.29, 0.717) is 30.2 Å². The minimum absolute atomic E-state index is 0. The Bertz CT molecular complexity index is 936. The van der Waals surface area contributed by atoms with Gasteiger partial charge < -0.3 is 15.7 Å². The molecule has 0 radical (unpaired) electrons. The van der Waals surface area contributed by atoms with Gasteiger partial charge in [0.2, 0.25) is 0 Å². The SMILES string of the molecule is CCNC(=NCc1cc(F)ccc1CS(C)(=O)=O)NCc1ccccc1CO.I. The van der Waals surface area contributed by atoms with E-state index in [9.17, 15) is 17.9 Å². The van der Waals surface area contributed by atoms with Gasteiger partial charge in [-0.1, -0.05) is 30.3 Å². The Hall–Kier alpha value is -1.72. The number of aliphatic imine (C=N–C) groups is 1. The molecule has 0 aliphatic heterocycles. The Morgan fingerprint density at radius 1 is 1.07 bits per heavy atom. The van der Waals surface area contributed by atoms with Crippen molar-refractivity contribution in [2.45, 2.75) is 32.4 Å². The summed E-state index contributed by atoms with van der Waals surface area (Å²) >= 11 is 0. The number of rotatable bonds is 8. The Balaban J connectivity index is 0.00000420. The molecule has 3 N–H and O–H groups in total. The van der Waals surface area contributed by atoms with Gasteiger partial charge in [-0.2, -0.15) is 0 Å². The first-order valence-electron chi connectivity index (χ1n) is 8.97. The van der Waals surface area contributed by atoms with Gasteiger partial charge in [-0.25, -0.2) is 17.8 Å². The number of guanidine groups is 1. The van der Waals surface area contributed by atoms with Crippen LogP contribution in [-0.4, -0.2) is 32.3 Å². The van der Waals surface area contributed by atoms with Gasteiger partial charge in [-0.15, -0.1) is 24.0 Å². The van der Waals surface area contributed by atoms with Gasteiger partial charge in [0.15, 0.2) is 15.8 Å². The van der Waals surface area contributed by atoms with Crippen molar-refractivity contribution in [1.29, 1.82) is 0 Å². The third kappa shape index (κ3) is 8.67. The molecule has 0 saturated carbocycles. The second-order valence-corrected chi connectivity index (χ2v) is 8.60. The van der Waals surface area contributed by atoms with Gasteiger partial charge in [0.25, 0.3) is 0 Å². The molecule has 160 valence electrons. The van der Waals surface area contributed by atoms with Crippen LogP contribution in [0, 0.1) is 5.82 Å². The zero-order valence-corrected chi connectivity index (χ0v) is 19.6. The molecule has 0 spiro atoms. The van der Waals surface area contributed by atoms with E-state index in [2.05, 4.69) is 15.6 Å². The van der Waals surface area contributed by atoms with Crippen LogP contribution in [0.3, 0.4) is 0 Å². The number of sulfone groups is 1. The number of nitrogens with one attached hydrogen (secondary N) is 2. The first-order valence-corrected chi connectivity index (χ1v) is 11.0. The molecule has 0 atom stereocenters. The van der Waals surface area contributed by atoms with Crippen molar-refractivity contribution in [3.63, 3.8) is 0 Å². The van der Waals surface area contributed by atoms with Crippen LogP contribution in [0.15, 0.2) is 47.5 Å². The summed E-state index contributed by atoms with van der Waals surface area (Å²) in [5, 5.41) is 15.7. The van der Waals surface area contributed by atoms with Crippen LogP contribution in [0.5, 0.6) is 0 Å². The van der Waals surface area contributed by atoms with Crippen molar-refractivity contribution in [2.75, 3.05) is 12.8 Å². The standard InChI is InChI=1S/C20H26FN3O3S.HI/c1-3-22-20(23-11-15-6-4-5-7-16(15)13-25)24-12-18-10-19(21)9-8-17(18)14-28(2,26)27;/h4-10,25H,3,11-14H2,1-2H3,(H2,22,23,24);1H. The predicted octanol–water partition coefficient (Wildman–Crippen LogP) is 2.74. The van der Waals surface area contributed by atoms with Crippen molar-refractivity contribution in [3.8, 4) is 0 Å². The van der Waals surface area contributed by atoms with Crippen molar-refractivity contribution < 1.29 is 17.9 Å². The topological polar surface area (TPSA) is 90.8 Å². The smallest absolute Gasteiger partial charge is 0.191 e. The first-order chi connectivity index (χ1) is 13.3. The molecule has 0 aliphatic rings. The van der Waals surface area contributed by atoms with Crippen LogP contribution < -0.4 is 10.6 Å². The molecule has 0 amide bonds. The molecular formula is C20H27FIN3O3S. The molecule has 29 heavy (non-hydrogen) atoms. The van der Waals surface area contributed by atoms with E-state index in [-0.39, 0.29) is 42.9 Å². The van der Waals surface area contributed by atoms with Gasteiger partial charge >= 0.3 is 0 Å². The van der Waals surface area contributed by atoms with Crippen molar-refractivity contribution in [1.82, 2.24) is 10.6 Å². The number of hydrogen-bond donors (Lipinski definition) is 3. The highest BCUT2D eigenvalue weighted by atomic mass is 127. The van der Waals surface area contributed by atoms with E-state index in [0.717, 1.165) is 17.4 Å². The molecule has 2 rings (SSSR count). The maximum atomic E-state index is 13.7. The van der Waals surface area contributed by atoms with E-state index in [4.69, 9.17) is 0 Å². The lowest BCUT2D eigenvalue weighted by atomic mass is 10.1. The van der Waals surface area contributed by atoms with E-state index in [1.165, 1.54) is 18.2 Å². The van der Waals surface area contributed by atoms with E-state index in [1.807, 2.05) is 31.2 Å². The van der Waals surface area contributed by atoms with E-state index < -0.39 is 15.7 Å². The molecule has 2 aromatic carbocycles. The highest BCUT2D eigenvalue weighted by Gasteiger charge is 2.11. The first kappa shape index (κ1) is 25.3. The lowest BCUT2D eigenvalue weighted by Gasteiger charge is -2.14. The fourth-order valence-corrected chi connectivity index (χ4v) is 3.58. The van der Waals surface area contributed by atoms with E-state index in [1.54, 1.807) is 0 Å². The lowest BCUT2D eigenvalue weighted by Crippen LogP contribution is -2.37. The van der Waals surface area contributed by atoms with Gasteiger partial charge in [0, 0.05) is 19.3 Å². The van der Waals surface area contributed by atoms with Gasteiger partial charge in [-0.05, 0) is 41.3 Å². The maximum absolute atomic E-state index is 13.7. The summed E-state index contributed by atoms with van der Waals surface area (Å²) in [5.41, 5.74) is 2.83. The fourth-order valence-electron chi connectivity index (χ4n) is 2.73. The van der Waals surface area contributed by atoms with Crippen molar-refractivity contribution in [2.24, 2.45) is 4.99 Å². The largest absolute Gasteiger partial charge is 0.392 e. The van der Waals surface area contributed by atoms with Crippen molar-refractivity contribution >= 4 is 39.8 Å². The zero-order valence-electron chi connectivity index (χ0n) is 16.5. The average molecular weight is 535 g/mol. The van der Waals surface area contributed by atoms with Crippen LogP contribution >= 0.6 is 24.0 Å². The van der Waals surface area contributed by atoms with E-state index >= 15 is 0 Å². The number of benzene rings is 2. The van der Waals surface area contributed by atoms with Crippen LogP contribution in [0.1, 0.15) is 29.2 Å².